The summed E-state index contributed by atoms with van der Waals surface area (Å²) in [4.78, 5) is 15.8. The quantitative estimate of drug-likeness (QED) is 0.474. The van der Waals surface area contributed by atoms with Crippen molar-refractivity contribution < 1.29 is 4.79 Å². The zero-order valence-corrected chi connectivity index (χ0v) is 20.4. The molecule has 35 heavy (non-hydrogen) atoms. The molecular formula is C29H21BrN4O. The minimum atomic E-state index is -0.496. The second kappa shape index (κ2) is 9.38. The lowest BCUT2D eigenvalue weighted by molar-refractivity contribution is -0.124. The molecule has 0 amide bonds. The average molecular weight is 521 g/mol. The second-order valence-electron chi connectivity index (χ2n) is 9.10. The second-order valence-corrected chi connectivity index (χ2v) is 10.0. The monoisotopic (exact) mass is 520 g/mol. The summed E-state index contributed by atoms with van der Waals surface area (Å²) in [6.45, 7) is 0. The third-order valence-corrected chi connectivity index (χ3v) is 7.62. The molecule has 0 aromatic heterocycles. The van der Waals surface area contributed by atoms with Crippen LogP contribution in [0, 0.1) is 45.8 Å². The smallest absolute Gasteiger partial charge is 0.158 e. The zero-order chi connectivity index (χ0) is 24.5. The van der Waals surface area contributed by atoms with E-state index in [0.29, 0.717) is 11.1 Å². The lowest BCUT2D eigenvalue weighted by Gasteiger charge is -2.31. The molecule has 0 N–H and O–H groups in total. The molecule has 0 radical (unpaired) electrons. The summed E-state index contributed by atoms with van der Waals surface area (Å²) in [5, 5.41) is 29.5. The molecule has 2 aliphatic heterocycles. The highest BCUT2D eigenvalue weighted by Gasteiger charge is 2.55. The molecule has 2 heterocycles. The minimum Gasteiger partial charge on any atom is -0.359 e. The molecule has 1 aliphatic carbocycles. The molecule has 2 fully saturated rings. The van der Waals surface area contributed by atoms with Crippen molar-refractivity contribution in [1.82, 2.24) is 4.90 Å². The number of hydrogen-bond acceptors (Lipinski definition) is 5. The molecule has 5 rings (SSSR count). The molecule has 3 aliphatic rings. The van der Waals surface area contributed by atoms with Crippen LogP contribution in [0.4, 0.5) is 0 Å². The first-order valence-corrected chi connectivity index (χ1v) is 12.3. The van der Waals surface area contributed by atoms with E-state index in [4.69, 9.17) is 0 Å². The molecule has 1 saturated heterocycles. The first kappa shape index (κ1) is 22.9. The van der Waals surface area contributed by atoms with Crippen LogP contribution in [0.3, 0.4) is 0 Å². The Morgan fingerprint density at radius 1 is 0.971 bits per heavy atom. The molecule has 2 aromatic carbocycles. The third kappa shape index (κ3) is 4.10. The molecule has 6 heteroatoms. The number of halogens is 1. The number of rotatable bonds is 5. The van der Waals surface area contributed by atoms with Crippen LogP contribution >= 0.6 is 15.9 Å². The molecule has 0 unspecified atom stereocenters. The summed E-state index contributed by atoms with van der Waals surface area (Å²) < 4.78 is 0.929. The fourth-order valence-corrected chi connectivity index (χ4v) is 5.71. The van der Waals surface area contributed by atoms with E-state index in [2.05, 4.69) is 34.1 Å². The largest absolute Gasteiger partial charge is 0.359 e. The van der Waals surface area contributed by atoms with Gasteiger partial charge in [0.05, 0.1) is 17.7 Å². The van der Waals surface area contributed by atoms with E-state index in [1.807, 2.05) is 65.6 Å². The SMILES string of the molecule is N#CC1=CN2[C@H](C=C1)[C@H](C(=C(C#N)C#N)c1ccccc1)[C@@H](c1ccc(Br)cc1)[C@H]2C(=O)C1CC1. The first-order valence-electron chi connectivity index (χ1n) is 11.5. The summed E-state index contributed by atoms with van der Waals surface area (Å²) >= 11 is 3.51. The molecule has 2 aromatic rings. The van der Waals surface area contributed by atoms with Crippen molar-refractivity contribution in [2.24, 2.45) is 11.8 Å². The Hall–Kier alpha value is -3.92. The van der Waals surface area contributed by atoms with Gasteiger partial charge in [0.2, 0.25) is 0 Å². The lowest BCUT2D eigenvalue weighted by Crippen LogP contribution is -2.40. The molecule has 1 saturated carbocycles. The number of nitrogens with zero attached hydrogens (tertiary/aromatic N) is 4. The van der Waals surface area contributed by atoms with Gasteiger partial charge in [-0.25, -0.2) is 0 Å². The van der Waals surface area contributed by atoms with E-state index in [9.17, 15) is 20.6 Å². The predicted octanol–water partition coefficient (Wildman–Crippen LogP) is 5.66. The van der Waals surface area contributed by atoms with Gasteiger partial charge in [-0.15, -0.1) is 0 Å². The summed E-state index contributed by atoms with van der Waals surface area (Å²) in [7, 11) is 0. The lowest BCUT2D eigenvalue weighted by atomic mass is 9.73. The van der Waals surface area contributed by atoms with Crippen molar-refractivity contribution in [2.45, 2.75) is 30.8 Å². The van der Waals surface area contributed by atoms with Gasteiger partial charge in [0.25, 0.3) is 0 Å². The molecule has 0 bridgehead atoms. The van der Waals surface area contributed by atoms with E-state index >= 15 is 0 Å². The number of hydrogen-bond donors (Lipinski definition) is 0. The van der Waals surface area contributed by atoms with Gasteiger partial charge in [0, 0.05) is 28.4 Å². The van der Waals surface area contributed by atoms with Gasteiger partial charge in [0.15, 0.2) is 5.78 Å². The maximum Gasteiger partial charge on any atom is 0.158 e. The summed E-state index contributed by atoms with van der Waals surface area (Å²) in [6.07, 6.45) is 7.25. The van der Waals surface area contributed by atoms with E-state index in [0.717, 1.165) is 28.4 Å². The number of ketones is 1. The summed E-state index contributed by atoms with van der Waals surface area (Å²) in [5.74, 6) is -0.463. The number of carbonyl (C=O) groups excluding carboxylic acids is 1. The van der Waals surface area contributed by atoms with E-state index in [-0.39, 0.29) is 35.2 Å². The Kier molecular flexibility index (Phi) is 6.12. The summed E-state index contributed by atoms with van der Waals surface area (Å²) in [6, 6.07) is 23.1. The Bertz CT molecular complexity index is 1370. The van der Waals surface area contributed by atoms with Gasteiger partial charge >= 0.3 is 0 Å². The topological polar surface area (TPSA) is 91.7 Å². The molecule has 5 nitrogen and oxygen atoms in total. The summed E-state index contributed by atoms with van der Waals surface area (Å²) in [5.41, 5.74) is 2.93. The van der Waals surface area contributed by atoms with Crippen molar-refractivity contribution in [2.75, 3.05) is 0 Å². The van der Waals surface area contributed by atoms with Crippen molar-refractivity contribution >= 4 is 27.3 Å². The van der Waals surface area contributed by atoms with Crippen LogP contribution in [0.25, 0.3) is 5.57 Å². The standard InChI is InChI=1S/C29H21BrN4O/c30-23-11-9-20(10-12-23)26-27(25(22(15-32)16-33)19-4-2-1-3-5-19)24-13-6-18(14-31)17-34(24)28(26)29(35)21-7-8-21/h1-6,9-13,17,21,24,26-28H,7-8H2/t24-,26-,27-,28+/m1/s1. The highest BCUT2D eigenvalue weighted by atomic mass is 79.9. The molecular weight excluding hydrogens is 500 g/mol. The van der Waals surface area contributed by atoms with Crippen LogP contribution < -0.4 is 0 Å². The highest BCUT2D eigenvalue weighted by molar-refractivity contribution is 9.10. The van der Waals surface area contributed by atoms with E-state index in [1.54, 1.807) is 12.3 Å². The number of Topliss-reactive ketones (excluding diaryl/α,β-unsaturated/α-hetero) is 1. The van der Waals surface area contributed by atoms with Crippen LogP contribution in [0.2, 0.25) is 0 Å². The maximum absolute atomic E-state index is 13.8. The number of allylic oxidation sites excluding steroid dienone is 3. The predicted molar refractivity (Wildman–Crippen MR) is 135 cm³/mol. The van der Waals surface area contributed by atoms with Gasteiger partial charge in [-0.2, -0.15) is 15.8 Å². The van der Waals surface area contributed by atoms with Gasteiger partial charge in [-0.1, -0.05) is 64.5 Å². The van der Waals surface area contributed by atoms with Gasteiger partial charge in [-0.05, 0) is 47.8 Å². The van der Waals surface area contributed by atoms with Gasteiger partial charge in [0.1, 0.15) is 23.8 Å². The van der Waals surface area contributed by atoms with Gasteiger partial charge < -0.3 is 4.90 Å². The molecule has 4 atom stereocenters. The number of benzene rings is 2. The number of nitriles is 3. The zero-order valence-electron chi connectivity index (χ0n) is 18.8. The Morgan fingerprint density at radius 3 is 2.26 bits per heavy atom. The van der Waals surface area contributed by atoms with Crippen molar-refractivity contribution in [3.05, 3.63) is 99.7 Å². The van der Waals surface area contributed by atoms with Crippen molar-refractivity contribution in [3.8, 4) is 18.2 Å². The van der Waals surface area contributed by atoms with Crippen molar-refractivity contribution in [1.29, 1.82) is 15.8 Å². The van der Waals surface area contributed by atoms with Crippen LogP contribution in [-0.4, -0.2) is 22.8 Å². The van der Waals surface area contributed by atoms with Crippen LogP contribution in [-0.2, 0) is 4.79 Å². The van der Waals surface area contributed by atoms with Crippen LogP contribution in [0.5, 0.6) is 0 Å². The van der Waals surface area contributed by atoms with Crippen LogP contribution in [0.15, 0.2) is 88.6 Å². The first-order chi connectivity index (χ1) is 17.1. The average Bonchev–Trinajstić information content (AvgIpc) is 3.70. The fraction of sp³-hybridized carbons (Fsp3) is 0.241. The van der Waals surface area contributed by atoms with Gasteiger partial charge in [-0.3, -0.25) is 4.79 Å². The normalized spacial score (nSPS) is 24.4. The van der Waals surface area contributed by atoms with E-state index in [1.165, 1.54) is 0 Å². The Balaban J connectivity index is 1.78. The number of fused-ring (bicyclic) bond motifs is 1. The maximum atomic E-state index is 13.8. The Labute approximate surface area is 213 Å². The Morgan fingerprint density at radius 2 is 1.66 bits per heavy atom. The third-order valence-electron chi connectivity index (χ3n) is 7.09. The molecule has 0 spiro atoms. The highest BCUT2D eigenvalue weighted by Crippen LogP contribution is 2.53. The molecule has 170 valence electrons. The van der Waals surface area contributed by atoms with E-state index < -0.39 is 6.04 Å². The minimum absolute atomic E-state index is 0.0118. The van der Waals surface area contributed by atoms with Crippen molar-refractivity contribution in [3.63, 3.8) is 0 Å². The van der Waals surface area contributed by atoms with Crippen LogP contribution in [0.1, 0.15) is 29.9 Å². The number of carbonyl (C=O) groups is 1. The fourth-order valence-electron chi connectivity index (χ4n) is 5.45.